The Morgan fingerprint density at radius 3 is 0.791 bits per heavy atom. The molecular weight excluding hydrogens is 1860 g/mol. The highest BCUT2D eigenvalue weighted by atomic mass is 35.5. The molecule has 4 N–H and O–H groups in total. The number of piperidine rings is 4. The molecule has 4 aromatic carbocycles. The number of fused-ring (bicyclic) bond motifs is 4. The van der Waals surface area contributed by atoms with Crippen LogP contribution in [0.2, 0.25) is 40.2 Å². The molecule has 708 valence electrons. The highest BCUT2D eigenvalue weighted by Gasteiger charge is 2.42. The van der Waals surface area contributed by atoms with E-state index in [0.29, 0.717) is 110 Å². The minimum atomic E-state index is -0.247. The van der Waals surface area contributed by atoms with Gasteiger partial charge in [-0.15, -0.1) is 0 Å². The number of hydrogen-bond donors (Lipinski definition) is 4. The van der Waals surface area contributed by atoms with E-state index in [-0.39, 0.29) is 62.0 Å². The second-order valence-electron chi connectivity index (χ2n) is 37.2. The van der Waals surface area contributed by atoms with Crippen molar-refractivity contribution in [2.45, 2.75) is 117 Å². The molecular formula is C96H114Cl8N26O4. The molecule has 8 aliphatic heterocycles. The summed E-state index contributed by atoms with van der Waals surface area (Å²) in [6, 6.07) is 25.4. The lowest BCUT2D eigenvalue weighted by molar-refractivity contribution is 0.101. The molecule has 0 unspecified atom stereocenters. The van der Waals surface area contributed by atoms with Crippen LogP contribution in [0, 0.1) is 83.9 Å². The van der Waals surface area contributed by atoms with Crippen LogP contribution in [0.5, 0.6) is 0 Å². The first-order chi connectivity index (χ1) is 64.8. The Labute approximate surface area is 820 Å². The van der Waals surface area contributed by atoms with Crippen molar-refractivity contribution >= 4 is 161 Å². The summed E-state index contributed by atoms with van der Waals surface area (Å²) in [5.41, 5.74) is 11.1. The number of benzene rings is 4. The van der Waals surface area contributed by atoms with Gasteiger partial charge in [-0.05, 0) is 237 Å². The van der Waals surface area contributed by atoms with Gasteiger partial charge >= 0.3 is 0 Å². The number of halogens is 8. The number of nitriles is 2. The summed E-state index contributed by atoms with van der Waals surface area (Å²) in [5, 5.41) is 79.4. The molecule has 8 fully saturated rings. The molecule has 12 aromatic rings. The Bertz CT molecular complexity index is 5860. The lowest BCUT2D eigenvalue weighted by atomic mass is 9.80. The number of anilines is 4. The van der Waals surface area contributed by atoms with Gasteiger partial charge in [-0.2, -0.15) is 30.9 Å². The third kappa shape index (κ3) is 21.1. The van der Waals surface area contributed by atoms with Gasteiger partial charge in [0.2, 0.25) is 0 Å². The highest BCUT2D eigenvalue weighted by molar-refractivity contribution is 6.37. The fourth-order valence-electron chi connectivity index (χ4n) is 20.9. The van der Waals surface area contributed by atoms with Gasteiger partial charge in [0.05, 0.1) is 86.8 Å². The summed E-state index contributed by atoms with van der Waals surface area (Å²) in [6.07, 6.45) is 17.1. The molecule has 0 radical (unpaired) electrons. The summed E-state index contributed by atoms with van der Waals surface area (Å²) in [7, 11) is 0. The average Bonchev–Trinajstić information content (AvgIpc) is 1.63. The number of aliphatic hydroxyl groups is 4. The maximum Gasteiger partial charge on any atom is 0.190 e. The third-order valence-corrected chi connectivity index (χ3v) is 30.9. The molecule has 0 amide bonds. The van der Waals surface area contributed by atoms with Gasteiger partial charge in [-0.1, -0.05) is 117 Å². The number of aryl methyl sites for hydroxylation is 2. The molecule has 0 saturated carbocycles. The zero-order valence-corrected chi connectivity index (χ0v) is 82.3. The first-order valence-corrected chi connectivity index (χ1v) is 49.7. The monoisotopic (exact) mass is 1970 g/mol. The lowest BCUT2D eigenvalue weighted by Gasteiger charge is -2.47. The second kappa shape index (κ2) is 43.1. The second-order valence-corrected chi connectivity index (χ2v) is 40.6. The Morgan fingerprint density at radius 2 is 0.560 bits per heavy atom. The number of β-amino-alcohol motifs (C(OH)–C–C–N with tert-alkyl or cyclic N) is 4. The smallest absolute Gasteiger partial charge is 0.190 e. The fraction of sp³-hybridized carbons (Fsp3) is 0.521. The van der Waals surface area contributed by atoms with Gasteiger partial charge in [0.15, 0.2) is 34.0 Å². The number of nitrogens with zero attached hydrogens (tertiary/aromatic N) is 26. The minimum Gasteiger partial charge on any atom is -0.395 e. The molecule has 16 heterocycles. The number of rotatable bonds is 24. The van der Waals surface area contributed by atoms with E-state index in [1.165, 1.54) is 51.4 Å². The number of likely N-dealkylation sites (tertiary alicyclic amines) is 4. The van der Waals surface area contributed by atoms with E-state index in [0.717, 1.165) is 210 Å². The molecule has 0 bridgehead atoms. The molecule has 8 saturated heterocycles. The number of aromatic nitrogens is 16. The van der Waals surface area contributed by atoms with E-state index in [4.69, 9.17) is 133 Å². The van der Waals surface area contributed by atoms with Crippen LogP contribution in [0.25, 0.3) is 44.7 Å². The van der Waals surface area contributed by atoms with E-state index in [1.54, 1.807) is 58.2 Å². The standard InChI is InChI=1S/2C24H27Cl2N7O.2C24H30Cl2N6O/c2*1-15(19-5-4-18(25)9-20(19)26)33-24-23(21(10-27)30-33)28-11-22(29-24)32-13-17(14-32)16-3-2-6-31(12-16)7-8-34;2*1-15-23-24(32(29-15)16(2)20-6-5-19(25)10-21(20)26)28-22(11-27-23)31-13-18(14-31)17-4-3-7-30(12-17)8-9-33/h2*4-5,9,11,15-17,34H,2-3,6-8,12-14H2,1H3;2*5-6,10-11,16-18,33H,3-4,7-9,12-14H2,1-2H3/t15-,16+;15-,16-;16-,17+;16-,17-/m1111/s1. The maximum atomic E-state index is 9.60. The Morgan fingerprint density at radius 1 is 0.328 bits per heavy atom. The Hall–Kier alpha value is -8.74. The van der Waals surface area contributed by atoms with Crippen LogP contribution in [0.15, 0.2) is 97.6 Å². The third-order valence-electron chi connectivity index (χ3n) is 28.7. The molecule has 30 nitrogen and oxygen atoms in total. The van der Waals surface area contributed by atoms with Crippen molar-refractivity contribution in [2.75, 3.05) is 177 Å². The molecule has 8 aliphatic rings. The molecule has 38 heteroatoms. The van der Waals surface area contributed by atoms with Gasteiger partial charge in [0.25, 0.3) is 0 Å². The zero-order chi connectivity index (χ0) is 93.9. The lowest BCUT2D eigenvalue weighted by Crippen LogP contribution is -2.54. The first kappa shape index (κ1) is 96.9. The van der Waals surface area contributed by atoms with Crippen LogP contribution in [0.4, 0.5) is 23.3 Å². The largest absolute Gasteiger partial charge is 0.395 e. The molecule has 8 atom stereocenters. The predicted molar refractivity (Wildman–Crippen MR) is 529 cm³/mol. The van der Waals surface area contributed by atoms with Crippen molar-refractivity contribution < 1.29 is 20.4 Å². The van der Waals surface area contributed by atoms with Gasteiger partial charge < -0.3 is 59.6 Å². The molecule has 20 rings (SSSR count). The topological polar surface area (TPSA) is 329 Å². The van der Waals surface area contributed by atoms with Gasteiger partial charge in [-0.3, -0.25) is 0 Å². The Kier molecular flexibility index (Phi) is 31.2. The summed E-state index contributed by atoms with van der Waals surface area (Å²) in [4.78, 5) is 56.9. The van der Waals surface area contributed by atoms with Crippen molar-refractivity contribution in [2.24, 2.45) is 47.3 Å². The van der Waals surface area contributed by atoms with Crippen LogP contribution < -0.4 is 19.6 Å². The van der Waals surface area contributed by atoms with Crippen LogP contribution in [0.3, 0.4) is 0 Å². The van der Waals surface area contributed by atoms with Crippen molar-refractivity contribution in [3.8, 4) is 12.1 Å². The predicted octanol–water partition coefficient (Wildman–Crippen LogP) is 15.9. The van der Waals surface area contributed by atoms with Crippen LogP contribution >= 0.6 is 92.8 Å². The maximum absolute atomic E-state index is 9.60. The van der Waals surface area contributed by atoms with Crippen LogP contribution in [0.1, 0.15) is 148 Å². The number of hydrogen-bond acceptors (Lipinski definition) is 26. The molecule has 0 spiro atoms. The van der Waals surface area contributed by atoms with Crippen molar-refractivity contribution in [3.63, 3.8) is 0 Å². The van der Waals surface area contributed by atoms with Gasteiger partial charge in [0.1, 0.15) is 57.5 Å². The van der Waals surface area contributed by atoms with Gasteiger partial charge in [0, 0.05) is 145 Å². The average molecular weight is 1980 g/mol. The van der Waals surface area contributed by atoms with E-state index in [9.17, 15) is 30.9 Å². The van der Waals surface area contributed by atoms with Crippen LogP contribution in [-0.2, 0) is 0 Å². The zero-order valence-electron chi connectivity index (χ0n) is 76.2. The van der Waals surface area contributed by atoms with E-state index in [1.807, 2.05) is 85.9 Å². The van der Waals surface area contributed by atoms with Crippen molar-refractivity contribution in [1.29, 1.82) is 10.5 Å². The normalized spacial score (nSPS) is 20.6. The van der Waals surface area contributed by atoms with Crippen molar-refractivity contribution in [1.82, 2.24) is 98.6 Å². The summed E-state index contributed by atoms with van der Waals surface area (Å²) < 4.78 is 7.29. The fourth-order valence-corrected chi connectivity index (χ4v) is 23.2. The quantitative estimate of drug-likeness (QED) is 0.0436. The summed E-state index contributed by atoms with van der Waals surface area (Å²) in [5.74, 6) is 8.65. The SMILES string of the molecule is C[C@H](c1ccc(Cl)cc1Cl)n1nc(C#N)c2ncc(N3CC([C@@H]4CCCN(CCO)C4)C3)nc21.C[C@H](c1ccc(Cl)cc1Cl)n1nc(C#N)c2ncc(N3CC([C@H]4CCCN(CCO)C4)C3)nc21.Cc1nn([C@H](C)c2ccc(Cl)cc2Cl)c2nc(N3CC([C@@H]4CCCN(CCO)C4)C3)cnc12.Cc1nn([C@H](C)c2ccc(Cl)cc2Cl)c2nc(N3CC([C@H]4CCCN(CCO)C4)C3)cnc12. The molecule has 0 aliphatic carbocycles. The van der Waals surface area contributed by atoms with E-state index < -0.39 is 0 Å². The summed E-state index contributed by atoms with van der Waals surface area (Å²) >= 11 is 50.2. The number of aliphatic hydroxyl groups excluding tert-OH is 4. The van der Waals surface area contributed by atoms with E-state index in [2.05, 4.69) is 85.4 Å². The van der Waals surface area contributed by atoms with Crippen molar-refractivity contribution in [3.05, 3.63) is 183 Å². The molecule has 8 aromatic heterocycles. The summed E-state index contributed by atoms with van der Waals surface area (Å²) in [6.45, 7) is 32.5. The van der Waals surface area contributed by atoms with Gasteiger partial charge in [-0.25, -0.2) is 58.6 Å². The van der Waals surface area contributed by atoms with Crippen LogP contribution in [-0.4, -0.2) is 276 Å². The minimum absolute atomic E-state index is 0.0978. The Balaban J connectivity index is 0.000000124. The highest BCUT2D eigenvalue weighted by Crippen LogP contribution is 2.43. The van der Waals surface area contributed by atoms with E-state index >= 15 is 0 Å². The first-order valence-electron chi connectivity index (χ1n) is 46.7. The molecule has 134 heavy (non-hydrogen) atoms.